The van der Waals surface area contributed by atoms with Crippen molar-refractivity contribution in [1.82, 2.24) is 0 Å². The van der Waals surface area contributed by atoms with Gasteiger partial charge in [-0.15, -0.1) is 0 Å². The number of carbonyl (C=O) groups is 1. The van der Waals surface area contributed by atoms with Crippen molar-refractivity contribution in [3.63, 3.8) is 0 Å². The summed E-state index contributed by atoms with van der Waals surface area (Å²) in [5.41, 5.74) is 1.57. The first-order valence-electron chi connectivity index (χ1n) is 13.2. The summed E-state index contributed by atoms with van der Waals surface area (Å²) in [5.74, 6) is 1.25. The molecular weight excluding hydrogens is 408 g/mol. The fourth-order valence-electron chi connectivity index (χ4n) is 4.26. The fourth-order valence-corrected chi connectivity index (χ4v) is 4.26. The zero-order valence-electron chi connectivity index (χ0n) is 21.1. The molecule has 1 atom stereocenters. The van der Waals surface area contributed by atoms with Gasteiger partial charge in [-0.3, -0.25) is 0 Å². The van der Waals surface area contributed by atoms with Crippen LogP contribution in [-0.2, 0) is 0 Å². The zero-order chi connectivity index (χ0) is 23.7. The molecule has 3 nitrogen and oxygen atoms in total. The van der Waals surface area contributed by atoms with E-state index in [9.17, 15) is 4.79 Å². The lowest BCUT2D eigenvalue weighted by atomic mass is 9.96. The largest absolute Gasteiger partial charge is 0.493 e. The summed E-state index contributed by atoms with van der Waals surface area (Å²) < 4.78 is 11.8. The van der Waals surface area contributed by atoms with Gasteiger partial charge >= 0.3 is 5.97 Å². The molecule has 0 fully saturated rings. The lowest BCUT2D eigenvalue weighted by Crippen LogP contribution is -2.13. The van der Waals surface area contributed by atoms with Crippen LogP contribution >= 0.6 is 0 Å². The highest BCUT2D eigenvalue weighted by Crippen LogP contribution is 2.31. The molecule has 33 heavy (non-hydrogen) atoms. The standard InChI is InChI=1S/C30H44O3/c1-4-6-7-8-9-10-11-12-13-18-24-32-28-22-16-15-21-27(28)30(31)33-29-23-17-14-20-26(29)25(3)19-5-2/h14-17,20-23,25H,4-13,18-19,24H2,1-3H3. The van der Waals surface area contributed by atoms with Crippen molar-refractivity contribution in [3.05, 3.63) is 59.7 Å². The summed E-state index contributed by atoms with van der Waals surface area (Å²) in [6, 6.07) is 15.3. The molecule has 0 spiro atoms. The second-order valence-electron chi connectivity index (χ2n) is 9.14. The Bertz CT molecular complexity index is 799. The van der Waals surface area contributed by atoms with E-state index in [0.717, 1.165) is 24.8 Å². The van der Waals surface area contributed by atoms with Crippen molar-refractivity contribution in [2.45, 2.75) is 104 Å². The molecule has 0 aliphatic rings. The van der Waals surface area contributed by atoms with Gasteiger partial charge in [-0.25, -0.2) is 4.79 Å². The van der Waals surface area contributed by atoms with Gasteiger partial charge in [0, 0.05) is 0 Å². The third-order valence-corrected chi connectivity index (χ3v) is 6.24. The number of unbranched alkanes of at least 4 members (excludes halogenated alkanes) is 9. The Balaban J connectivity index is 1.79. The van der Waals surface area contributed by atoms with E-state index in [4.69, 9.17) is 9.47 Å². The van der Waals surface area contributed by atoms with E-state index in [2.05, 4.69) is 26.8 Å². The van der Waals surface area contributed by atoms with Crippen LogP contribution in [0.4, 0.5) is 0 Å². The highest BCUT2D eigenvalue weighted by atomic mass is 16.5. The number of carbonyl (C=O) groups excluding carboxylic acids is 1. The Hall–Kier alpha value is -2.29. The van der Waals surface area contributed by atoms with E-state index in [-0.39, 0.29) is 5.97 Å². The van der Waals surface area contributed by atoms with E-state index in [0.29, 0.717) is 29.6 Å². The molecule has 0 bridgehead atoms. The Morgan fingerprint density at radius 3 is 1.97 bits per heavy atom. The summed E-state index contributed by atoms with van der Waals surface area (Å²) in [4.78, 5) is 13.0. The quantitative estimate of drug-likeness (QED) is 0.136. The van der Waals surface area contributed by atoms with E-state index in [1.165, 1.54) is 57.8 Å². The fraction of sp³-hybridized carbons (Fsp3) is 0.567. The van der Waals surface area contributed by atoms with Crippen LogP contribution in [0.1, 0.15) is 120 Å². The van der Waals surface area contributed by atoms with Crippen LogP contribution in [0.15, 0.2) is 48.5 Å². The number of benzene rings is 2. The molecule has 182 valence electrons. The van der Waals surface area contributed by atoms with Gasteiger partial charge in [0.2, 0.25) is 0 Å². The maximum atomic E-state index is 13.0. The first kappa shape index (κ1) is 27.0. The predicted octanol–water partition coefficient (Wildman–Crippen LogP) is 9.11. The number of para-hydroxylation sites is 2. The average Bonchev–Trinajstić information content (AvgIpc) is 2.83. The van der Waals surface area contributed by atoms with Gasteiger partial charge < -0.3 is 9.47 Å². The Morgan fingerprint density at radius 1 is 0.727 bits per heavy atom. The lowest BCUT2D eigenvalue weighted by molar-refractivity contribution is 0.0728. The molecule has 0 saturated carbocycles. The summed E-state index contributed by atoms with van der Waals surface area (Å²) in [6.07, 6.45) is 15.1. The van der Waals surface area contributed by atoms with Gasteiger partial charge in [0.15, 0.2) is 0 Å². The number of rotatable bonds is 17. The van der Waals surface area contributed by atoms with Crippen molar-refractivity contribution in [2.24, 2.45) is 0 Å². The maximum Gasteiger partial charge on any atom is 0.347 e. The van der Waals surface area contributed by atoms with Crippen molar-refractivity contribution in [1.29, 1.82) is 0 Å². The summed E-state index contributed by atoms with van der Waals surface area (Å²) in [7, 11) is 0. The van der Waals surface area contributed by atoms with E-state index in [1.54, 1.807) is 6.07 Å². The van der Waals surface area contributed by atoms with Gasteiger partial charge in [0.25, 0.3) is 0 Å². The molecule has 0 saturated heterocycles. The molecule has 2 aromatic rings. The van der Waals surface area contributed by atoms with Crippen molar-refractivity contribution in [3.8, 4) is 11.5 Å². The van der Waals surface area contributed by atoms with Crippen LogP contribution in [0.5, 0.6) is 11.5 Å². The van der Waals surface area contributed by atoms with Crippen molar-refractivity contribution >= 4 is 5.97 Å². The number of hydrogen-bond donors (Lipinski definition) is 0. The minimum atomic E-state index is -0.357. The molecule has 0 aliphatic carbocycles. The summed E-state index contributed by atoms with van der Waals surface area (Å²) >= 11 is 0. The predicted molar refractivity (Wildman–Crippen MR) is 139 cm³/mol. The normalized spacial score (nSPS) is 11.8. The first-order valence-corrected chi connectivity index (χ1v) is 13.2. The van der Waals surface area contributed by atoms with Crippen LogP contribution in [-0.4, -0.2) is 12.6 Å². The molecule has 2 aromatic carbocycles. The highest BCUT2D eigenvalue weighted by molar-refractivity contribution is 5.94. The Kier molecular flexibility index (Phi) is 13.4. The summed E-state index contributed by atoms with van der Waals surface area (Å²) in [5, 5.41) is 0. The van der Waals surface area contributed by atoms with Crippen LogP contribution in [0.2, 0.25) is 0 Å². The molecule has 0 aromatic heterocycles. The third kappa shape index (κ3) is 10.0. The number of esters is 1. The Morgan fingerprint density at radius 2 is 1.30 bits per heavy atom. The molecule has 2 rings (SSSR count). The minimum Gasteiger partial charge on any atom is -0.493 e. The molecule has 1 unspecified atom stereocenters. The van der Waals surface area contributed by atoms with Gasteiger partial charge in [-0.05, 0) is 42.5 Å². The molecular formula is C30H44O3. The van der Waals surface area contributed by atoms with Crippen LogP contribution < -0.4 is 9.47 Å². The zero-order valence-corrected chi connectivity index (χ0v) is 21.1. The number of hydrogen-bond acceptors (Lipinski definition) is 3. The van der Waals surface area contributed by atoms with Crippen LogP contribution in [0.3, 0.4) is 0 Å². The topological polar surface area (TPSA) is 35.5 Å². The smallest absolute Gasteiger partial charge is 0.347 e. The minimum absolute atomic E-state index is 0.349. The van der Waals surface area contributed by atoms with E-state index < -0.39 is 0 Å². The van der Waals surface area contributed by atoms with Crippen LogP contribution in [0, 0.1) is 0 Å². The maximum absolute atomic E-state index is 13.0. The van der Waals surface area contributed by atoms with Crippen LogP contribution in [0.25, 0.3) is 0 Å². The monoisotopic (exact) mass is 452 g/mol. The number of ether oxygens (including phenoxy) is 2. The molecule has 0 heterocycles. The highest BCUT2D eigenvalue weighted by Gasteiger charge is 2.18. The molecule has 0 N–H and O–H groups in total. The average molecular weight is 453 g/mol. The lowest BCUT2D eigenvalue weighted by Gasteiger charge is -2.16. The molecule has 0 radical (unpaired) electrons. The molecule has 0 amide bonds. The summed E-state index contributed by atoms with van der Waals surface area (Å²) in [6.45, 7) is 7.25. The second kappa shape index (κ2) is 16.3. The second-order valence-corrected chi connectivity index (χ2v) is 9.14. The van der Waals surface area contributed by atoms with Gasteiger partial charge in [0.1, 0.15) is 17.1 Å². The van der Waals surface area contributed by atoms with E-state index in [1.807, 2.05) is 36.4 Å². The molecule has 3 heteroatoms. The van der Waals surface area contributed by atoms with Crippen molar-refractivity contribution < 1.29 is 14.3 Å². The van der Waals surface area contributed by atoms with E-state index >= 15 is 0 Å². The van der Waals surface area contributed by atoms with Gasteiger partial charge in [-0.1, -0.05) is 115 Å². The Labute approximate surface area is 201 Å². The van der Waals surface area contributed by atoms with Gasteiger partial charge in [-0.2, -0.15) is 0 Å². The SMILES string of the molecule is CCCCCCCCCCCCOc1ccccc1C(=O)Oc1ccccc1C(C)CCC. The first-order chi connectivity index (χ1) is 16.2. The molecule has 0 aliphatic heterocycles. The third-order valence-electron chi connectivity index (χ3n) is 6.24. The van der Waals surface area contributed by atoms with Gasteiger partial charge in [0.05, 0.1) is 6.61 Å². The van der Waals surface area contributed by atoms with Crippen molar-refractivity contribution in [2.75, 3.05) is 6.61 Å².